The van der Waals surface area contributed by atoms with Crippen LogP contribution in [-0.2, 0) is 17.9 Å². The van der Waals surface area contributed by atoms with Gasteiger partial charge < -0.3 is 15.8 Å². The smallest absolute Gasteiger partial charge is 0.234 e. The maximum absolute atomic E-state index is 11.6. The second-order valence-corrected chi connectivity index (χ2v) is 4.87. The molecule has 0 aromatic heterocycles. The van der Waals surface area contributed by atoms with Crippen molar-refractivity contribution in [1.29, 1.82) is 0 Å². The molecule has 0 unspecified atom stereocenters. The molecule has 0 aliphatic heterocycles. The van der Waals surface area contributed by atoms with Gasteiger partial charge in [-0.2, -0.15) is 0 Å². The summed E-state index contributed by atoms with van der Waals surface area (Å²) in [6, 6.07) is 5.94. The summed E-state index contributed by atoms with van der Waals surface area (Å²) in [7, 11) is 3.57. The van der Waals surface area contributed by atoms with Crippen molar-refractivity contribution in [3.8, 4) is 5.75 Å². The zero-order valence-electron chi connectivity index (χ0n) is 12.6. The molecule has 0 saturated heterocycles. The Kier molecular flexibility index (Phi) is 7.04. The standard InChI is InChI=1S/C15H25N3O2/c1-4-7-17-15(19)11-18(2)10-12-5-6-14(20-3)13(8-12)9-16/h5-6,8H,4,7,9-11,16H2,1-3H3,(H,17,19). The van der Waals surface area contributed by atoms with Crippen LogP contribution in [0.25, 0.3) is 0 Å². The molecule has 5 nitrogen and oxygen atoms in total. The van der Waals surface area contributed by atoms with Gasteiger partial charge >= 0.3 is 0 Å². The van der Waals surface area contributed by atoms with Crippen molar-refractivity contribution in [2.75, 3.05) is 27.2 Å². The first-order valence-electron chi connectivity index (χ1n) is 6.91. The average molecular weight is 279 g/mol. The van der Waals surface area contributed by atoms with Gasteiger partial charge in [0.05, 0.1) is 13.7 Å². The van der Waals surface area contributed by atoms with E-state index in [4.69, 9.17) is 10.5 Å². The van der Waals surface area contributed by atoms with E-state index < -0.39 is 0 Å². The molecule has 0 heterocycles. The lowest BCUT2D eigenvalue weighted by molar-refractivity contribution is -0.122. The molecule has 1 aromatic carbocycles. The molecule has 112 valence electrons. The van der Waals surface area contributed by atoms with Gasteiger partial charge in [-0.25, -0.2) is 0 Å². The number of ether oxygens (including phenoxy) is 1. The second-order valence-electron chi connectivity index (χ2n) is 4.87. The Hall–Kier alpha value is -1.59. The molecule has 0 aliphatic rings. The van der Waals surface area contributed by atoms with Gasteiger partial charge in [-0.05, 0) is 31.2 Å². The van der Waals surface area contributed by atoms with Gasteiger partial charge in [-0.15, -0.1) is 0 Å². The van der Waals surface area contributed by atoms with Gasteiger partial charge in [0.15, 0.2) is 0 Å². The van der Waals surface area contributed by atoms with E-state index in [-0.39, 0.29) is 5.91 Å². The molecule has 0 atom stereocenters. The first-order valence-corrected chi connectivity index (χ1v) is 6.91. The van der Waals surface area contributed by atoms with Crippen LogP contribution >= 0.6 is 0 Å². The van der Waals surface area contributed by atoms with Crippen LogP contribution in [0.4, 0.5) is 0 Å². The number of benzene rings is 1. The molecule has 0 fully saturated rings. The van der Waals surface area contributed by atoms with Gasteiger partial charge in [0, 0.05) is 25.2 Å². The highest BCUT2D eigenvalue weighted by Crippen LogP contribution is 2.19. The minimum atomic E-state index is 0.0573. The first kappa shape index (κ1) is 16.5. The van der Waals surface area contributed by atoms with Crippen LogP contribution < -0.4 is 15.8 Å². The van der Waals surface area contributed by atoms with Gasteiger partial charge in [-0.1, -0.05) is 13.0 Å². The summed E-state index contributed by atoms with van der Waals surface area (Å²) in [5.74, 6) is 0.863. The van der Waals surface area contributed by atoms with E-state index in [1.54, 1.807) is 7.11 Å². The Morgan fingerprint density at radius 2 is 2.20 bits per heavy atom. The molecule has 1 aromatic rings. The van der Waals surface area contributed by atoms with E-state index in [0.29, 0.717) is 19.6 Å². The van der Waals surface area contributed by atoms with Gasteiger partial charge in [0.2, 0.25) is 5.91 Å². The zero-order valence-corrected chi connectivity index (χ0v) is 12.6. The minimum Gasteiger partial charge on any atom is -0.496 e. The van der Waals surface area contributed by atoms with Crippen molar-refractivity contribution in [2.24, 2.45) is 5.73 Å². The van der Waals surface area contributed by atoms with Crippen molar-refractivity contribution in [2.45, 2.75) is 26.4 Å². The number of hydrogen-bond donors (Lipinski definition) is 2. The predicted molar refractivity (Wildman–Crippen MR) is 80.5 cm³/mol. The van der Waals surface area contributed by atoms with Crippen LogP contribution in [0.2, 0.25) is 0 Å². The van der Waals surface area contributed by atoms with Crippen LogP contribution in [0.5, 0.6) is 5.75 Å². The SMILES string of the molecule is CCCNC(=O)CN(C)Cc1ccc(OC)c(CN)c1. The Bertz CT molecular complexity index is 435. The molecule has 3 N–H and O–H groups in total. The second kappa shape index (κ2) is 8.55. The summed E-state index contributed by atoms with van der Waals surface area (Å²) in [6.45, 7) is 4.31. The van der Waals surface area contributed by atoms with Crippen molar-refractivity contribution >= 4 is 5.91 Å². The number of methoxy groups -OCH3 is 1. The number of carbonyl (C=O) groups excluding carboxylic acids is 1. The van der Waals surface area contributed by atoms with Crippen LogP contribution in [0, 0.1) is 0 Å². The number of hydrogen-bond acceptors (Lipinski definition) is 4. The van der Waals surface area contributed by atoms with Crippen LogP contribution in [0.3, 0.4) is 0 Å². The number of likely N-dealkylation sites (N-methyl/N-ethyl adjacent to an activating group) is 1. The highest BCUT2D eigenvalue weighted by atomic mass is 16.5. The fourth-order valence-electron chi connectivity index (χ4n) is 2.02. The lowest BCUT2D eigenvalue weighted by Crippen LogP contribution is -2.35. The first-order chi connectivity index (χ1) is 9.60. The molecule has 1 amide bonds. The molecule has 0 saturated carbocycles. The minimum absolute atomic E-state index is 0.0573. The van der Waals surface area contributed by atoms with E-state index >= 15 is 0 Å². The lowest BCUT2D eigenvalue weighted by Gasteiger charge is -2.17. The molecular formula is C15H25N3O2. The maximum Gasteiger partial charge on any atom is 0.234 e. The van der Waals surface area contributed by atoms with E-state index in [0.717, 1.165) is 29.8 Å². The van der Waals surface area contributed by atoms with E-state index in [1.807, 2.05) is 37.1 Å². The molecule has 0 aliphatic carbocycles. The fraction of sp³-hybridized carbons (Fsp3) is 0.533. The summed E-state index contributed by atoms with van der Waals surface area (Å²) in [5, 5.41) is 2.87. The number of nitrogens with one attached hydrogen (secondary N) is 1. The van der Waals surface area contributed by atoms with Crippen LogP contribution in [0.1, 0.15) is 24.5 Å². The highest BCUT2D eigenvalue weighted by molar-refractivity contribution is 5.77. The topological polar surface area (TPSA) is 67.6 Å². The quantitative estimate of drug-likeness (QED) is 0.748. The molecule has 0 radical (unpaired) electrons. The summed E-state index contributed by atoms with van der Waals surface area (Å²) in [5.41, 5.74) is 7.81. The number of nitrogens with zero attached hydrogens (tertiary/aromatic N) is 1. The van der Waals surface area contributed by atoms with Crippen molar-refractivity contribution < 1.29 is 9.53 Å². The number of carbonyl (C=O) groups is 1. The Morgan fingerprint density at radius 1 is 1.45 bits per heavy atom. The molecule has 0 spiro atoms. The number of rotatable bonds is 8. The van der Waals surface area contributed by atoms with Crippen LogP contribution in [0.15, 0.2) is 18.2 Å². The van der Waals surface area contributed by atoms with Crippen molar-refractivity contribution in [1.82, 2.24) is 10.2 Å². The third-order valence-corrected chi connectivity index (χ3v) is 3.00. The van der Waals surface area contributed by atoms with E-state index in [9.17, 15) is 4.79 Å². The van der Waals surface area contributed by atoms with E-state index in [2.05, 4.69) is 5.32 Å². The Labute approximate surface area is 121 Å². The molecular weight excluding hydrogens is 254 g/mol. The summed E-state index contributed by atoms with van der Waals surface area (Å²) in [6.07, 6.45) is 0.952. The maximum atomic E-state index is 11.6. The van der Waals surface area contributed by atoms with E-state index in [1.165, 1.54) is 0 Å². The van der Waals surface area contributed by atoms with Gasteiger partial charge in [0.25, 0.3) is 0 Å². The third-order valence-electron chi connectivity index (χ3n) is 3.00. The number of nitrogens with two attached hydrogens (primary N) is 1. The average Bonchev–Trinajstić information content (AvgIpc) is 2.44. The Balaban J connectivity index is 2.57. The molecule has 0 bridgehead atoms. The van der Waals surface area contributed by atoms with Gasteiger partial charge in [0.1, 0.15) is 5.75 Å². The molecule has 5 heteroatoms. The molecule has 20 heavy (non-hydrogen) atoms. The van der Waals surface area contributed by atoms with Crippen LogP contribution in [-0.4, -0.2) is 38.1 Å². The number of amides is 1. The predicted octanol–water partition coefficient (Wildman–Crippen LogP) is 1.11. The van der Waals surface area contributed by atoms with Gasteiger partial charge in [-0.3, -0.25) is 9.69 Å². The Morgan fingerprint density at radius 3 is 2.80 bits per heavy atom. The highest BCUT2D eigenvalue weighted by Gasteiger charge is 2.08. The summed E-state index contributed by atoms with van der Waals surface area (Å²) in [4.78, 5) is 13.6. The monoisotopic (exact) mass is 279 g/mol. The van der Waals surface area contributed by atoms with Crippen molar-refractivity contribution in [3.63, 3.8) is 0 Å². The summed E-state index contributed by atoms with van der Waals surface area (Å²) < 4.78 is 5.25. The third kappa shape index (κ3) is 5.19. The molecule has 1 rings (SSSR count). The van der Waals surface area contributed by atoms with Crippen molar-refractivity contribution in [3.05, 3.63) is 29.3 Å². The zero-order chi connectivity index (χ0) is 15.0. The largest absolute Gasteiger partial charge is 0.496 e. The summed E-state index contributed by atoms with van der Waals surface area (Å²) >= 11 is 0. The lowest BCUT2D eigenvalue weighted by atomic mass is 10.1. The normalized spacial score (nSPS) is 10.7. The fourth-order valence-corrected chi connectivity index (χ4v) is 2.02.